The average molecular weight is 475 g/mol. The fourth-order valence-corrected chi connectivity index (χ4v) is 3.56. The van der Waals surface area contributed by atoms with Gasteiger partial charge < -0.3 is 10.4 Å². The number of anilines is 1. The van der Waals surface area contributed by atoms with Crippen LogP contribution >= 0.6 is 11.6 Å². The molecule has 4 rings (SSSR count). The third kappa shape index (κ3) is 4.51. The van der Waals surface area contributed by atoms with Crippen LogP contribution in [0.3, 0.4) is 0 Å². The molecule has 0 saturated carbocycles. The number of alkyl halides is 3. The van der Waals surface area contributed by atoms with E-state index in [0.717, 1.165) is 22.7 Å². The van der Waals surface area contributed by atoms with Crippen molar-refractivity contribution in [3.8, 4) is 11.3 Å². The molecule has 1 unspecified atom stereocenters. The maximum atomic E-state index is 14.2. The zero-order valence-corrected chi connectivity index (χ0v) is 17.3. The van der Waals surface area contributed by atoms with Crippen molar-refractivity contribution in [2.45, 2.75) is 12.2 Å². The Balaban J connectivity index is 1.96. The van der Waals surface area contributed by atoms with Gasteiger partial charge in [-0.3, -0.25) is 9.20 Å². The first kappa shape index (κ1) is 22.3. The number of pyridine rings is 2. The Bertz CT molecular complexity index is 1410. The monoisotopic (exact) mass is 474 g/mol. The lowest BCUT2D eigenvalue weighted by atomic mass is 10.1. The number of nitrogens with zero attached hydrogens (tertiary/aromatic N) is 3. The Morgan fingerprint density at radius 3 is 2.52 bits per heavy atom. The van der Waals surface area contributed by atoms with Gasteiger partial charge in [0, 0.05) is 29.6 Å². The predicted molar refractivity (Wildman–Crippen MR) is 116 cm³/mol. The number of nitrogens with one attached hydrogen (secondary N) is 1. The van der Waals surface area contributed by atoms with Gasteiger partial charge in [0.1, 0.15) is 5.65 Å². The zero-order valence-electron chi connectivity index (χ0n) is 16.5. The van der Waals surface area contributed by atoms with Gasteiger partial charge in [-0.05, 0) is 18.2 Å². The van der Waals surface area contributed by atoms with Crippen molar-refractivity contribution >= 4 is 28.9 Å². The van der Waals surface area contributed by atoms with Crippen molar-refractivity contribution in [2.24, 2.45) is 0 Å². The van der Waals surface area contributed by atoms with E-state index < -0.39 is 35.0 Å². The smallest absolute Gasteiger partial charge is 0.412 e. The van der Waals surface area contributed by atoms with Crippen LogP contribution in [0.25, 0.3) is 16.9 Å². The second-order valence-corrected chi connectivity index (χ2v) is 7.41. The molecule has 0 saturated heterocycles. The van der Waals surface area contributed by atoms with Crippen molar-refractivity contribution in [3.05, 3.63) is 93.6 Å². The lowest BCUT2D eigenvalue weighted by molar-refractivity contribution is -0.143. The molecule has 1 aromatic carbocycles. The summed E-state index contributed by atoms with van der Waals surface area (Å²) < 4.78 is 43.6. The van der Waals surface area contributed by atoms with Crippen LogP contribution in [0.2, 0.25) is 5.02 Å². The fraction of sp³-hybridized carbons (Fsp3) is 0.0909. The van der Waals surface area contributed by atoms with Crippen molar-refractivity contribution in [3.63, 3.8) is 0 Å². The summed E-state index contributed by atoms with van der Waals surface area (Å²) in [6.45, 7) is 0. The minimum atomic E-state index is -4.91. The van der Waals surface area contributed by atoms with Crippen LogP contribution in [0.15, 0.2) is 71.8 Å². The fourth-order valence-electron chi connectivity index (χ4n) is 3.35. The van der Waals surface area contributed by atoms with Crippen molar-refractivity contribution in [1.29, 1.82) is 0 Å². The number of aromatic nitrogens is 3. The van der Waals surface area contributed by atoms with E-state index in [1.54, 1.807) is 30.3 Å². The molecule has 1 atom stereocenters. The number of halogens is 4. The molecule has 0 fully saturated rings. The molecule has 7 nitrogen and oxygen atoms in total. The van der Waals surface area contributed by atoms with Gasteiger partial charge in [0.2, 0.25) is 0 Å². The Hall–Kier alpha value is -3.92. The molecule has 0 spiro atoms. The molecule has 0 aliphatic heterocycles. The number of hydrogen-bond donors (Lipinski definition) is 2. The number of benzene rings is 1. The molecule has 0 bridgehead atoms. The highest BCUT2D eigenvalue weighted by Gasteiger charge is 2.43. The van der Waals surface area contributed by atoms with E-state index in [1.807, 2.05) is 0 Å². The average Bonchev–Trinajstić information content (AvgIpc) is 2.77. The Morgan fingerprint density at radius 2 is 1.85 bits per heavy atom. The van der Waals surface area contributed by atoms with Gasteiger partial charge in [-0.2, -0.15) is 13.2 Å². The predicted octanol–water partition coefficient (Wildman–Crippen LogP) is 4.82. The number of hydrogen-bond acceptors (Lipinski definition) is 5. The van der Waals surface area contributed by atoms with E-state index in [0.29, 0.717) is 5.56 Å². The minimum absolute atomic E-state index is 0.130. The van der Waals surface area contributed by atoms with Crippen molar-refractivity contribution in [1.82, 2.24) is 14.4 Å². The summed E-state index contributed by atoms with van der Waals surface area (Å²) in [7, 11) is 0. The van der Waals surface area contributed by atoms with Crippen LogP contribution < -0.4 is 10.9 Å². The van der Waals surface area contributed by atoms with E-state index in [4.69, 9.17) is 11.6 Å². The summed E-state index contributed by atoms with van der Waals surface area (Å²) in [6, 6.07) is 10.8. The molecular weight excluding hydrogens is 461 g/mol. The molecule has 0 radical (unpaired) electrons. The molecule has 0 aliphatic carbocycles. The van der Waals surface area contributed by atoms with Gasteiger partial charge in [0.05, 0.1) is 16.4 Å². The maximum absolute atomic E-state index is 14.2. The Morgan fingerprint density at radius 1 is 1.12 bits per heavy atom. The Labute approximate surface area is 189 Å². The molecule has 2 N–H and O–H groups in total. The highest BCUT2D eigenvalue weighted by atomic mass is 35.5. The number of carboxylic acid groups (broad SMARTS) is 1. The van der Waals surface area contributed by atoms with Gasteiger partial charge in [-0.1, -0.05) is 41.9 Å². The third-order valence-electron chi connectivity index (χ3n) is 4.77. The molecule has 4 aromatic rings. The quantitative estimate of drug-likeness (QED) is 0.430. The van der Waals surface area contributed by atoms with E-state index >= 15 is 0 Å². The normalized spacial score (nSPS) is 12.5. The second-order valence-electron chi connectivity index (χ2n) is 6.98. The molecule has 168 valence electrons. The maximum Gasteiger partial charge on any atom is 0.412 e. The molecule has 0 aliphatic rings. The van der Waals surface area contributed by atoms with Gasteiger partial charge in [0.15, 0.2) is 11.7 Å². The first-order valence-electron chi connectivity index (χ1n) is 9.45. The van der Waals surface area contributed by atoms with Crippen LogP contribution in [0, 0.1) is 0 Å². The molecule has 0 amide bonds. The number of rotatable bonds is 5. The number of carboxylic acids is 1. The third-order valence-corrected chi connectivity index (χ3v) is 4.98. The lowest BCUT2D eigenvalue weighted by Gasteiger charge is -2.25. The summed E-state index contributed by atoms with van der Waals surface area (Å²) in [6.07, 6.45) is -2.58. The molecule has 3 heterocycles. The highest BCUT2D eigenvalue weighted by molar-refractivity contribution is 6.30. The van der Waals surface area contributed by atoms with Crippen LogP contribution in [0.5, 0.6) is 0 Å². The van der Waals surface area contributed by atoms with E-state index in [-0.39, 0.29) is 22.1 Å². The van der Waals surface area contributed by atoms with E-state index in [2.05, 4.69) is 15.3 Å². The first-order valence-corrected chi connectivity index (χ1v) is 9.83. The first-order chi connectivity index (χ1) is 15.6. The van der Waals surface area contributed by atoms with Gasteiger partial charge in [-0.15, -0.1) is 0 Å². The van der Waals surface area contributed by atoms with Gasteiger partial charge >= 0.3 is 12.1 Å². The van der Waals surface area contributed by atoms with Gasteiger partial charge in [0.25, 0.3) is 5.56 Å². The van der Waals surface area contributed by atoms with Crippen molar-refractivity contribution in [2.75, 3.05) is 5.32 Å². The summed E-state index contributed by atoms with van der Waals surface area (Å²) >= 11 is 6.04. The van der Waals surface area contributed by atoms with Crippen LogP contribution in [0.1, 0.15) is 22.1 Å². The molecular formula is C22H14ClF3N4O3. The topological polar surface area (TPSA) is 96.6 Å². The van der Waals surface area contributed by atoms with Crippen LogP contribution in [-0.4, -0.2) is 31.6 Å². The highest BCUT2D eigenvalue weighted by Crippen LogP contribution is 2.38. The Kier molecular flexibility index (Phi) is 5.77. The summed E-state index contributed by atoms with van der Waals surface area (Å²) in [5.74, 6) is -1.50. The number of fused-ring (bicyclic) bond motifs is 1. The lowest BCUT2D eigenvalue weighted by Crippen LogP contribution is -2.30. The van der Waals surface area contributed by atoms with Gasteiger partial charge in [-0.25, -0.2) is 14.8 Å². The molecule has 33 heavy (non-hydrogen) atoms. The number of aromatic carboxylic acids is 1. The van der Waals surface area contributed by atoms with E-state index in [1.165, 1.54) is 18.3 Å². The number of carbonyl (C=O) groups is 1. The zero-order chi connectivity index (χ0) is 23.8. The summed E-state index contributed by atoms with van der Waals surface area (Å²) in [5.41, 5.74) is -1.59. The van der Waals surface area contributed by atoms with Crippen molar-refractivity contribution < 1.29 is 23.1 Å². The summed E-state index contributed by atoms with van der Waals surface area (Å²) in [4.78, 5) is 32.1. The largest absolute Gasteiger partial charge is 0.476 e. The molecule has 11 heteroatoms. The minimum Gasteiger partial charge on any atom is -0.476 e. The van der Waals surface area contributed by atoms with Crippen LogP contribution in [-0.2, 0) is 0 Å². The molecule has 3 aromatic heterocycles. The van der Waals surface area contributed by atoms with E-state index in [9.17, 15) is 27.9 Å². The standard InChI is InChI=1S/C22H14ClF3N4O3/c23-13-9-14(19(22(24,25)26)28-15-7-4-8-27-18(15)21(32)33)20-29-16(10-17(31)30(20)11-13)12-5-2-1-3-6-12/h1-11,19,28H,(H,32,33). The van der Waals surface area contributed by atoms with Crippen LogP contribution in [0.4, 0.5) is 18.9 Å². The SMILES string of the molecule is O=C(O)c1ncccc1NC(c1cc(Cl)cn2c(=O)cc(-c3ccccc3)nc12)C(F)(F)F. The summed E-state index contributed by atoms with van der Waals surface area (Å²) in [5, 5.41) is 11.4. The second kappa shape index (κ2) is 8.55.